The number of rotatable bonds is 1. The molecule has 3 rings (SSSR count). The van der Waals surface area contributed by atoms with Crippen LogP contribution in [0.25, 0.3) is 20.2 Å². The molecule has 86 valence electrons. The molecule has 0 saturated carbocycles. The molecule has 0 atom stereocenters. The van der Waals surface area contributed by atoms with Gasteiger partial charge in [-0.05, 0) is 23.0 Å². The monoisotopic (exact) mass is 246 g/mol. The van der Waals surface area contributed by atoms with E-state index in [0.717, 1.165) is 5.39 Å². The summed E-state index contributed by atoms with van der Waals surface area (Å²) in [7, 11) is -1.40. The molecule has 0 saturated heterocycles. The molecule has 0 aliphatic heterocycles. The van der Waals surface area contributed by atoms with Crippen LogP contribution < -0.4 is 5.46 Å². The van der Waals surface area contributed by atoms with Gasteiger partial charge >= 0.3 is 7.12 Å². The Morgan fingerprint density at radius 1 is 0.882 bits per heavy atom. The molecule has 0 radical (unpaired) electrons. The fourth-order valence-corrected chi connectivity index (χ4v) is 2.99. The summed E-state index contributed by atoms with van der Waals surface area (Å²) in [5.41, 5.74) is 0.538. The van der Waals surface area contributed by atoms with Crippen LogP contribution in [0, 0.1) is 0 Å². The second kappa shape index (κ2) is 4.47. The van der Waals surface area contributed by atoms with Gasteiger partial charge in [0.05, 0.1) is 0 Å². The lowest BCUT2D eigenvalue weighted by Crippen LogP contribution is -2.29. The van der Waals surface area contributed by atoms with Gasteiger partial charge in [-0.25, -0.2) is 0 Å². The zero-order chi connectivity index (χ0) is 11.1. The molecule has 3 aromatic rings. The highest BCUT2D eigenvalue weighted by molar-refractivity contribution is 7.25. The third-order valence-corrected chi connectivity index (χ3v) is 3.85. The maximum atomic E-state index is 9.15. The van der Waals surface area contributed by atoms with Crippen molar-refractivity contribution in [3.05, 3.63) is 42.5 Å². The van der Waals surface area contributed by atoms with Crippen LogP contribution in [-0.2, 0) is 0 Å². The van der Waals surface area contributed by atoms with E-state index in [1.165, 1.54) is 14.8 Å². The summed E-state index contributed by atoms with van der Waals surface area (Å²) in [5.74, 6) is 0. The Morgan fingerprint density at radius 2 is 1.59 bits per heavy atom. The summed E-state index contributed by atoms with van der Waals surface area (Å²) in [6.45, 7) is 0. The topological polar surface area (TPSA) is 72.0 Å². The smallest absolute Gasteiger partial charge is 0.423 e. The van der Waals surface area contributed by atoms with Crippen molar-refractivity contribution in [3.63, 3.8) is 0 Å². The van der Waals surface area contributed by atoms with Crippen molar-refractivity contribution in [3.8, 4) is 0 Å². The quantitative estimate of drug-likeness (QED) is 0.626. The van der Waals surface area contributed by atoms with Gasteiger partial charge in [-0.15, -0.1) is 11.3 Å². The lowest BCUT2D eigenvalue weighted by atomic mass is 9.80. The zero-order valence-corrected chi connectivity index (χ0v) is 9.74. The Kier molecular flexibility index (Phi) is 3.17. The number of fused-ring (bicyclic) bond motifs is 3. The van der Waals surface area contributed by atoms with E-state index in [9.17, 15) is 0 Å². The minimum Gasteiger partial charge on any atom is -0.423 e. The Hall–Kier alpha value is -1.40. The van der Waals surface area contributed by atoms with Crippen molar-refractivity contribution in [2.75, 3.05) is 0 Å². The predicted octanol–water partition coefficient (Wildman–Crippen LogP) is 0.910. The van der Waals surface area contributed by atoms with Crippen LogP contribution in [-0.4, -0.2) is 22.6 Å². The minimum atomic E-state index is -1.40. The Bertz CT molecular complexity index is 663. The largest absolute Gasteiger partial charge is 0.488 e. The second-order valence-electron chi connectivity index (χ2n) is 3.73. The first kappa shape index (κ1) is 12.1. The molecule has 0 aliphatic carbocycles. The summed E-state index contributed by atoms with van der Waals surface area (Å²) in [6, 6.07) is 13.7. The van der Waals surface area contributed by atoms with Gasteiger partial charge in [0.2, 0.25) is 0 Å². The van der Waals surface area contributed by atoms with E-state index in [1.54, 1.807) is 17.4 Å². The second-order valence-corrected chi connectivity index (χ2v) is 4.81. The molecule has 17 heavy (non-hydrogen) atoms. The van der Waals surface area contributed by atoms with Gasteiger partial charge in [-0.1, -0.05) is 30.3 Å². The average Bonchev–Trinajstić information content (AvgIpc) is 2.66. The van der Waals surface area contributed by atoms with E-state index in [2.05, 4.69) is 12.1 Å². The Morgan fingerprint density at radius 3 is 2.35 bits per heavy atom. The average molecular weight is 246 g/mol. The van der Waals surface area contributed by atoms with E-state index in [4.69, 9.17) is 10.0 Å². The summed E-state index contributed by atoms with van der Waals surface area (Å²) in [5, 5.41) is 20.6. The molecule has 1 aromatic heterocycles. The van der Waals surface area contributed by atoms with Gasteiger partial charge in [0.1, 0.15) is 0 Å². The van der Waals surface area contributed by atoms with Gasteiger partial charge < -0.3 is 15.5 Å². The van der Waals surface area contributed by atoms with Crippen LogP contribution in [0.1, 0.15) is 0 Å². The molecule has 1 heterocycles. The molecule has 0 aliphatic rings. The molecule has 0 unspecified atom stereocenters. The molecular weight excluding hydrogens is 235 g/mol. The van der Waals surface area contributed by atoms with Gasteiger partial charge in [-0.2, -0.15) is 0 Å². The molecule has 4 N–H and O–H groups in total. The normalized spacial score (nSPS) is 10.5. The Balaban J connectivity index is 0.00000108. The van der Waals surface area contributed by atoms with Crippen LogP contribution in [0.4, 0.5) is 0 Å². The van der Waals surface area contributed by atoms with Crippen molar-refractivity contribution in [2.45, 2.75) is 0 Å². The van der Waals surface area contributed by atoms with Crippen LogP contribution in [0.15, 0.2) is 42.5 Å². The third kappa shape index (κ3) is 1.94. The number of hydrogen-bond acceptors (Lipinski definition) is 3. The van der Waals surface area contributed by atoms with Crippen LogP contribution >= 0.6 is 11.3 Å². The summed E-state index contributed by atoms with van der Waals surface area (Å²) < 4.78 is 2.40. The number of hydrogen-bond donors (Lipinski definition) is 2. The predicted molar refractivity (Wildman–Crippen MR) is 72.8 cm³/mol. The van der Waals surface area contributed by atoms with E-state index >= 15 is 0 Å². The van der Waals surface area contributed by atoms with Crippen molar-refractivity contribution < 1.29 is 15.5 Å². The molecule has 0 bridgehead atoms. The highest BCUT2D eigenvalue weighted by Gasteiger charge is 2.12. The van der Waals surface area contributed by atoms with E-state index < -0.39 is 7.12 Å². The fourth-order valence-electron chi connectivity index (χ4n) is 1.90. The zero-order valence-electron chi connectivity index (χ0n) is 8.92. The van der Waals surface area contributed by atoms with Gasteiger partial charge in [0.15, 0.2) is 0 Å². The van der Waals surface area contributed by atoms with Crippen molar-refractivity contribution in [2.24, 2.45) is 0 Å². The van der Waals surface area contributed by atoms with E-state index in [0.29, 0.717) is 5.46 Å². The van der Waals surface area contributed by atoms with Crippen molar-refractivity contribution in [1.29, 1.82) is 0 Å². The van der Waals surface area contributed by atoms with E-state index in [-0.39, 0.29) is 5.48 Å². The third-order valence-electron chi connectivity index (χ3n) is 2.70. The Labute approximate surface area is 102 Å². The first-order valence-corrected chi connectivity index (χ1v) is 5.85. The summed E-state index contributed by atoms with van der Waals surface area (Å²) >= 11 is 1.72. The van der Waals surface area contributed by atoms with Gasteiger partial charge in [0, 0.05) is 14.8 Å². The molecule has 0 fully saturated rings. The molecule has 5 heteroatoms. The van der Waals surface area contributed by atoms with Crippen LogP contribution in [0.3, 0.4) is 0 Å². The number of thiophene rings is 1. The van der Waals surface area contributed by atoms with Crippen molar-refractivity contribution >= 4 is 44.1 Å². The molecule has 2 aromatic carbocycles. The lowest BCUT2D eigenvalue weighted by molar-refractivity contribution is 0.426. The highest BCUT2D eigenvalue weighted by Crippen LogP contribution is 2.32. The first-order valence-electron chi connectivity index (χ1n) is 5.03. The van der Waals surface area contributed by atoms with E-state index in [1.807, 2.05) is 24.3 Å². The maximum Gasteiger partial charge on any atom is 0.488 e. The number of benzene rings is 2. The maximum absolute atomic E-state index is 9.15. The van der Waals surface area contributed by atoms with Crippen LogP contribution in [0.5, 0.6) is 0 Å². The summed E-state index contributed by atoms with van der Waals surface area (Å²) in [4.78, 5) is 0. The van der Waals surface area contributed by atoms with Gasteiger partial charge in [0.25, 0.3) is 0 Å². The molecule has 3 nitrogen and oxygen atoms in total. The molecule has 0 amide bonds. The first-order chi connectivity index (χ1) is 7.75. The SMILES string of the molecule is O.OB(O)c1ccc2sc3ccccc3c2c1. The molecule has 0 spiro atoms. The fraction of sp³-hybridized carbons (Fsp3) is 0. The minimum absolute atomic E-state index is 0. The standard InChI is InChI=1S/C12H9BO2S.H2O/c14-13(15)8-5-6-12-10(7-8)9-3-1-2-4-11(9)16-12;/h1-7,14-15H;1H2. The lowest BCUT2D eigenvalue weighted by Gasteiger charge is -1.98. The summed E-state index contributed by atoms with van der Waals surface area (Å²) in [6.07, 6.45) is 0. The molecular formula is C12H11BO3S. The van der Waals surface area contributed by atoms with Crippen molar-refractivity contribution in [1.82, 2.24) is 0 Å². The van der Waals surface area contributed by atoms with Gasteiger partial charge in [-0.3, -0.25) is 0 Å². The highest BCUT2D eigenvalue weighted by atomic mass is 32.1. The van der Waals surface area contributed by atoms with Crippen LogP contribution in [0.2, 0.25) is 0 Å².